The molecular formula is C13H12BrFN2. The van der Waals surface area contributed by atoms with Crippen molar-refractivity contribution < 1.29 is 4.39 Å². The monoisotopic (exact) mass is 294 g/mol. The quantitative estimate of drug-likeness (QED) is 0.928. The number of pyridine rings is 1. The van der Waals surface area contributed by atoms with Gasteiger partial charge in [0.1, 0.15) is 5.82 Å². The molecule has 1 aromatic heterocycles. The van der Waals surface area contributed by atoms with Crippen molar-refractivity contribution in [2.75, 3.05) is 5.32 Å². The number of aromatic nitrogens is 1. The molecule has 2 nitrogen and oxygen atoms in total. The zero-order valence-electron chi connectivity index (χ0n) is 9.37. The molecule has 0 radical (unpaired) electrons. The second-order valence-corrected chi connectivity index (χ2v) is 4.57. The molecular weight excluding hydrogens is 283 g/mol. The maximum atomic E-state index is 13.5. The van der Waals surface area contributed by atoms with Crippen LogP contribution in [-0.2, 0) is 6.54 Å². The van der Waals surface area contributed by atoms with Crippen molar-refractivity contribution in [3.8, 4) is 0 Å². The van der Waals surface area contributed by atoms with Gasteiger partial charge < -0.3 is 5.32 Å². The van der Waals surface area contributed by atoms with Crippen LogP contribution in [0, 0.1) is 12.7 Å². The summed E-state index contributed by atoms with van der Waals surface area (Å²) in [5.41, 5.74) is 2.48. The van der Waals surface area contributed by atoms with Crippen molar-refractivity contribution in [3.05, 3.63) is 58.1 Å². The fourth-order valence-electron chi connectivity index (χ4n) is 1.54. The minimum atomic E-state index is -0.270. The fraction of sp³-hybridized carbons (Fsp3) is 0.154. The number of nitrogens with zero attached hydrogens (tertiary/aromatic N) is 1. The molecule has 88 valence electrons. The molecule has 0 aliphatic carbocycles. The van der Waals surface area contributed by atoms with Gasteiger partial charge in [-0.1, -0.05) is 12.1 Å². The predicted molar refractivity (Wildman–Crippen MR) is 70.4 cm³/mol. The Morgan fingerprint density at radius 1 is 1.29 bits per heavy atom. The lowest BCUT2D eigenvalue weighted by atomic mass is 10.2. The second-order valence-electron chi connectivity index (χ2n) is 3.72. The normalized spacial score (nSPS) is 10.3. The van der Waals surface area contributed by atoms with Gasteiger partial charge in [0.2, 0.25) is 0 Å². The predicted octanol–water partition coefficient (Wildman–Crippen LogP) is 3.90. The molecule has 1 heterocycles. The van der Waals surface area contributed by atoms with Crippen molar-refractivity contribution >= 4 is 21.6 Å². The third kappa shape index (κ3) is 2.82. The van der Waals surface area contributed by atoms with E-state index in [2.05, 4.69) is 26.2 Å². The smallest absolute Gasteiger partial charge is 0.147 e. The molecule has 2 aromatic rings. The molecule has 0 aliphatic rings. The Balaban J connectivity index is 2.16. The Hall–Kier alpha value is -1.42. The topological polar surface area (TPSA) is 24.9 Å². The van der Waals surface area contributed by atoms with Crippen LogP contribution in [-0.4, -0.2) is 4.98 Å². The minimum absolute atomic E-state index is 0.270. The standard InChI is InChI=1S/C13H12BrFN2/c1-9-4-3-7-16-12(9)8-17-13-10(14)5-2-6-11(13)15/h2-7,17H,8H2,1H3. The lowest BCUT2D eigenvalue weighted by Crippen LogP contribution is -2.05. The molecule has 4 heteroatoms. The lowest BCUT2D eigenvalue weighted by molar-refractivity contribution is 0.629. The SMILES string of the molecule is Cc1cccnc1CNc1c(F)cccc1Br. The molecule has 0 unspecified atom stereocenters. The first-order valence-electron chi connectivity index (χ1n) is 5.27. The maximum Gasteiger partial charge on any atom is 0.147 e. The van der Waals surface area contributed by atoms with Crippen LogP contribution in [0.4, 0.5) is 10.1 Å². The van der Waals surface area contributed by atoms with Gasteiger partial charge in [-0.05, 0) is 46.6 Å². The lowest BCUT2D eigenvalue weighted by Gasteiger charge is -2.10. The highest BCUT2D eigenvalue weighted by molar-refractivity contribution is 9.10. The third-order valence-corrected chi connectivity index (χ3v) is 3.17. The number of hydrogen-bond acceptors (Lipinski definition) is 2. The van der Waals surface area contributed by atoms with Crippen LogP contribution in [0.5, 0.6) is 0 Å². The van der Waals surface area contributed by atoms with E-state index in [1.165, 1.54) is 6.07 Å². The van der Waals surface area contributed by atoms with Crippen LogP contribution < -0.4 is 5.32 Å². The summed E-state index contributed by atoms with van der Waals surface area (Å²) in [5, 5.41) is 3.05. The van der Waals surface area contributed by atoms with Gasteiger partial charge in [0.25, 0.3) is 0 Å². The van der Waals surface area contributed by atoms with Crippen LogP contribution in [0.15, 0.2) is 41.0 Å². The second kappa shape index (κ2) is 5.27. The first kappa shape index (κ1) is 12.0. The zero-order chi connectivity index (χ0) is 12.3. The van der Waals surface area contributed by atoms with Gasteiger partial charge in [-0.15, -0.1) is 0 Å². The summed E-state index contributed by atoms with van der Waals surface area (Å²) in [7, 11) is 0. The summed E-state index contributed by atoms with van der Waals surface area (Å²) < 4.78 is 14.3. The number of benzene rings is 1. The molecule has 1 N–H and O–H groups in total. The van der Waals surface area contributed by atoms with E-state index in [0.717, 1.165) is 11.3 Å². The summed E-state index contributed by atoms with van der Waals surface area (Å²) in [5.74, 6) is -0.270. The van der Waals surface area contributed by atoms with Gasteiger partial charge in [-0.2, -0.15) is 0 Å². The van der Waals surface area contributed by atoms with Gasteiger partial charge in [0.15, 0.2) is 0 Å². The molecule has 0 aliphatic heterocycles. The maximum absolute atomic E-state index is 13.5. The van der Waals surface area contributed by atoms with Crippen molar-refractivity contribution in [1.29, 1.82) is 0 Å². The molecule has 0 bridgehead atoms. The van der Waals surface area contributed by atoms with E-state index in [9.17, 15) is 4.39 Å². The minimum Gasteiger partial charge on any atom is -0.376 e. The number of nitrogens with one attached hydrogen (secondary N) is 1. The van der Waals surface area contributed by atoms with Crippen molar-refractivity contribution in [1.82, 2.24) is 4.98 Å². The number of para-hydroxylation sites is 1. The highest BCUT2D eigenvalue weighted by Gasteiger charge is 2.06. The number of rotatable bonds is 3. The van der Waals surface area contributed by atoms with Gasteiger partial charge in [-0.25, -0.2) is 4.39 Å². The third-order valence-electron chi connectivity index (χ3n) is 2.51. The van der Waals surface area contributed by atoms with Crippen LogP contribution >= 0.6 is 15.9 Å². The van der Waals surface area contributed by atoms with E-state index in [1.807, 2.05) is 19.1 Å². The van der Waals surface area contributed by atoms with E-state index in [1.54, 1.807) is 18.3 Å². The van der Waals surface area contributed by atoms with E-state index < -0.39 is 0 Å². The summed E-state index contributed by atoms with van der Waals surface area (Å²) in [6, 6.07) is 8.77. The Bertz CT molecular complexity index is 508. The van der Waals surface area contributed by atoms with Crippen molar-refractivity contribution in [2.24, 2.45) is 0 Å². The number of anilines is 1. The van der Waals surface area contributed by atoms with Gasteiger partial charge in [0.05, 0.1) is 17.9 Å². The fourth-order valence-corrected chi connectivity index (χ4v) is 2.02. The van der Waals surface area contributed by atoms with E-state index >= 15 is 0 Å². The van der Waals surface area contributed by atoms with E-state index in [-0.39, 0.29) is 5.82 Å². The Labute approximate surface area is 108 Å². The van der Waals surface area contributed by atoms with E-state index in [0.29, 0.717) is 16.7 Å². The van der Waals surface area contributed by atoms with Crippen molar-refractivity contribution in [3.63, 3.8) is 0 Å². The van der Waals surface area contributed by atoms with Gasteiger partial charge >= 0.3 is 0 Å². The molecule has 0 saturated carbocycles. The van der Waals surface area contributed by atoms with Crippen molar-refractivity contribution in [2.45, 2.75) is 13.5 Å². The summed E-state index contributed by atoms with van der Waals surface area (Å²) in [4.78, 5) is 4.25. The van der Waals surface area contributed by atoms with Crippen LogP contribution in [0.2, 0.25) is 0 Å². The molecule has 0 saturated heterocycles. The van der Waals surface area contributed by atoms with Gasteiger partial charge in [0, 0.05) is 10.7 Å². The van der Waals surface area contributed by atoms with Gasteiger partial charge in [-0.3, -0.25) is 4.98 Å². The van der Waals surface area contributed by atoms with Crippen LogP contribution in [0.3, 0.4) is 0 Å². The molecule has 0 amide bonds. The molecule has 17 heavy (non-hydrogen) atoms. The zero-order valence-corrected chi connectivity index (χ0v) is 11.0. The van der Waals surface area contributed by atoms with Crippen LogP contribution in [0.1, 0.15) is 11.3 Å². The highest BCUT2D eigenvalue weighted by atomic mass is 79.9. The molecule has 0 spiro atoms. The van der Waals surface area contributed by atoms with Crippen LogP contribution in [0.25, 0.3) is 0 Å². The number of halogens is 2. The summed E-state index contributed by atoms with van der Waals surface area (Å²) in [6.45, 7) is 2.49. The Morgan fingerprint density at radius 3 is 2.82 bits per heavy atom. The molecule has 1 aromatic carbocycles. The number of hydrogen-bond donors (Lipinski definition) is 1. The Kier molecular flexibility index (Phi) is 3.74. The summed E-state index contributed by atoms with van der Waals surface area (Å²) >= 11 is 3.32. The van der Waals surface area contributed by atoms with E-state index in [4.69, 9.17) is 0 Å². The molecule has 2 rings (SSSR count). The average Bonchev–Trinajstić information content (AvgIpc) is 2.30. The molecule has 0 fully saturated rings. The largest absolute Gasteiger partial charge is 0.376 e. The summed E-state index contributed by atoms with van der Waals surface area (Å²) in [6.07, 6.45) is 1.74. The first-order valence-corrected chi connectivity index (χ1v) is 6.06. The first-order chi connectivity index (χ1) is 8.18. The average molecular weight is 295 g/mol. The number of aryl methyl sites for hydroxylation is 1. The molecule has 0 atom stereocenters. The highest BCUT2D eigenvalue weighted by Crippen LogP contribution is 2.25. The Morgan fingerprint density at radius 2 is 2.12 bits per heavy atom.